The lowest BCUT2D eigenvalue weighted by molar-refractivity contribution is -0.140. The van der Waals surface area contributed by atoms with Crippen molar-refractivity contribution in [2.24, 2.45) is 0 Å². The Hall–Kier alpha value is -1.40. The molecule has 0 amide bonds. The molecule has 4 nitrogen and oxygen atoms in total. The monoisotopic (exact) mass is 267 g/mol. The van der Waals surface area contributed by atoms with Crippen LogP contribution in [0.3, 0.4) is 0 Å². The molecule has 0 aliphatic heterocycles. The summed E-state index contributed by atoms with van der Waals surface area (Å²) in [4.78, 5) is 10.6. The minimum atomic E-state index is -1.08. The normalized spacial score (nSPS) is 11.5. The Bertz CT molecular complexity index is 390. The smallest absolute Gasteiger partial charge is 0.324 e. The van der Waals surface area contributed by atoms with Crippen LogP contribution in [0.4, 0.5) is 8.78 Å². The maximum Gasteiger partial charge on any atom is 0.324 e. The number of carbonyl (C=O) groups is 1. The molecule has 0 heterocycles. The number of ether oxygens (including phenoxy) is 1. The van der Waals surface area contributed by atoms with Gasteiger partial charge in [0, 0.05) is 6.07 Å². The lowest BCUT2D eigenvalue weighted by Gasteiger charge is -2.12. The van der Waals surface area contributed by atoms with Gasteiger partial charge < -0.3 is 15.2 Å². The van der Waals surface area contributed by atoms with Gasteiger partial charge in [0.05, 0.1) is 0 Å². The maximum absolute atomic E-state index is 12.8. The minimum absolute atomic E-state index is 0. The second-order valence-electron chi connectivity index (χ2n) is 3.07. The van der Waals surface area contributed by atoms with Crippen molar-refractivity contribution in [1.82, 2.24) is 5.32 Å². The molecule has 0 radical (unpaired) electrons. The number of likely N-dealkylation sites (N-methyl/N-ethyl adjacent to an activating group) is 1. The molecule has 7 heteroatoms. The molecule has 17 heavy (non-hydrogen) atoms. The van der Waals surface area contributed by atoms with E-state index in [0.29, 0.717) is 0 Å². The van der Waals surface area contributed by atoms with Crippen LogP contribution >= 0.6 is 12.4 Å². The van der Waals surface area contributed by atoms with Gasteiger partial charge >= 0.3 is 5.97 Å². The number of benzene rings is 1. The Morgan fingerprint density at radius 2 is 2.12 bits per heavy atom. The lowest BCUT2D eigenvalue weighted by Crippen LogP contribution is -2.39. The molecule has 0 aliphatic carbocycles. The van der Waals surface area contributed by atoms with Gasteiger partial charge in [-0.05, 0) is 19.2 Å². The van der Waals surface area contributed by atoms with Gasteiger partial charge in [-0.2, -0.15) is 0 Å². The molecule has 1 rings (SSSR count). The summed E-state index contributed by atoms with van der Waals surface area (Å²) in [7, 11) is 1.47. The van der Waals surface area contributed by atoms with Crippen molar-refractivity contribution in [2.75, 3.05) is 13.7 Å². The number of aliphatic carboxylic acids is 1. The van der Waals surface area contributed by atoms with Crippen LogP contribution in [0.1, 0.15) is 0 Å². The van der Waals surface area contributed by atoms with Crippen molar-refractivity contribution in [3.8, 4) is 5.75 Å². The van der Waals surface area contributed by atoms with Crippen LogP contribution in [-0.4, -0.2) is 30.8 Å². The number of rotatable bonds is 5. The molecule has 0 bridgehead atoms. The largest absolute Gasteiger partial charge is 0.491 e. The third kappa shape index (κ3) is 4.54. The second-order valence-corrected chi connectivity index (χ2v) is 3.07. The van der Waals surface area contributed by atoms with Gasteiger partial charge in [-0.3, -0.25) is 4.79 Å². The fraction of sp³-hybridized carbons (Fsp3) is 0.300. The molecule has 96 valence electrons. The minimum Gasteiger partial charge on any atom is -0.491 e. The van der Waals surface area contributed by atoms with Gasteiger partial charge in [-0.1, -0.05) is 0 Å². The van der Waals surface area contributed by atoms with E-state index in [4.69, 9.17) is 9.84 Å². The van der Waals surface area contributed by atoms with Crippen LogP contribution in [0.25, 0.3) is 0 Å². The van der Waals surface area contributed by atoms with Crippen molar-refractivity contribution in [1.29, 1.82) is 0 Å². The number of halogens is 3. The van der Waals surface area contributed by atoms with E-state index in [-0.39, 0.29) is 24.8 Å². The Balaban J connectivity index is 0.00000256. The fourth-order valence-corrected chi connectivity index (χ4v) is 1.02. The summed E-state index contributed by atoms with van der Waals surface area (Å²) in [6.07, 6.45) is 0. The van der Waals surface area contributed by atoms with Gasteiger partial charge in [0.1, 0.15) is 18.4 Å². The summed E-state index contributed by atoms with van der Waals surface area (Å²) in [6.45, 7) is -0.170. The summed E-state index contributed by atoms with van der Waals surface area (Å²) in [5.41, 5.74) is 0. The first-order valence-corrected chi connectivity index (χ1v) is 4.52. The van der Waals surface area contributed by atoms with E-state index >= 15 is 0 Å². The van der Waals surface area contributed by atoms with Crippen LogP contribution in [0.15, 0.2) is 18.2 Å². The first-order chi connectivity index (χ1) is 7.54. The van der Waals surface area contributed by atoms with Gasteiger partial charge in [0.25, 0.3) is 0 Å². The molecule has 1 atom stereocenters. The van der Waals surface area contributed by atoms with Gasteiger partial charge in [-0.15, -0.1) is 12.4 Å². The SMILES string of the molecule is CN[C@@H](COc1ccc(F)c(F)c1)C(=O)O.Cl. The first-order valence-electron chi connectivity index (χ1n) is 4.52. The van der Waals surface area contributed by atoms with Crippen LogP contribution in [0.5, 0.6) is 5.75 Å². The zero-order valence-electron chi connectivity index (χ0n) is 8.94. The molecule has 1 aromatic carbocycles. The van der Waals surface area contributed by atoms with Crippen molar-refractivity contribution < 1.29 is 23.4 Å². The quantitative estimate of drug-likeness (QED) is 0.848. The standard InChI is InChI=1S/C10H11F2NO3.ClH/c1-13-9(10(14)15)5-16-6-2-3-7(11)8(12)4-6;/h2-4,9,13H,5H2,1H3,(H,14,15);1H/t9-;/m0./s1. The van der Waals surface area contributed by atoms with Crippen molar-refractivity contribution >= 4 is 18.4 Å². The predicted molar refractivity (Wildman–Crippen MR) is 59.6 cm³/mol. The Labute approximate surface area is 103 Å². The number of hydrogen-bond donors (Lipinski definition) is 2. The highest BCUT2D eigenvalue weighted by Gasteiger charge is 2.15. The van der Waals surface area contributed by atoms with E-state index in [1.54, 1.807) is 0 Å². The molecule has 2 N–H and O–H groups in total. The third-order valence-electron chi connectivity index (χ3n) is 1.95. The van der Waals surface area contributed by atoms with Crippen LogP contribution < -0.4 is 10.1 Å². The van der Waals surface area contributed by atoms with Crippen molar-refractivity contribution in [3.05, 3.63) is 29.8 Å². The van der Waals surface area contributed by atoms with E-state index in [0.717, 1.165) is 12.1 Å². The summed E-state index contributed by atoms with van der Waals surface area (Å²) >= 11 is 0. The van der Waals surface area contributed by atoms with E-state index in [2.05, 4.69) is 5.32 Å². The fourth-order valence-electron chi connectivity index (χ4n) is 1.02. The van der Waals surface area contributed by atoms with Crippen LogP contribution in [0, 0.1) is 11.6 Å². The molecular formula is C10H12ClF2NO3. The van der Waals surface area contributed by atoms with Gasteiger partial charge in [0.15, 0.2) is 11.6 Å². The van der Waals surface area contributed by atoms with E-state index in [1.165, 1.54) is 13.1 Å². The average Bonchev–Trinajstić information content (AvgIpc) is 2.23. The number of carboxylic acid groups (broad SMARTS) is 1. The second kappa shape index (κ2) is 7.03. The van der Waals surface area contributed by atoms with Gasteiger partial charge in [-0.25, -0.2) is 8.78 Å². The number of hydrogen-bond acceptors (Lipinski definition) is 3. The molecule has 0 aromatic heterocycles. The Kier molecular flexibility index (Phi) is 6.45. The topological polar surface area (TPSA) is 58.6 Å². The number of carboxylic acids is 1. The van der Waals surface area contributed by atoms with Crippen LogP contribution in [-0.2, 0) is 4.79 Å². The summed E-state index contributed by atoms with van der Waals surface area (Å²) in [5, 5.41) is 11.2. The highest BCUT2D eigenvalue weighted by molar-refractivity contribution is 5.85. The molecular weight excluding hydrogens is 256 g/mol. The summed E-state index contributed by atoms with van der Waals surface area (Å²) in [5.74, 6) is -3.00. The molecule has 0 saturated heterocycles. The molecule has 0 fully saturated rings. The van der Waals surface area contributed by atoms with Crippen molar-refractivity contribution in [2.45, 2.75) is 6.04 Å². The Morgan fingerprint density at radius 1 is 1.47 bits per heavy atom. The highest BCUT2D eigenvalue weighted by atomic mass is 35.5. The van der Waals surface area contributed by atoms with E-state index < -0.39 is 23.6 Å². The van der Waals surface area contributed by atoms with E-state index in [9.17, 15) is 13.6 Å². The molecule has 0 aliphatic rings. The number of nitrogens with one attached hydrogen (secondary N) is 1. The summed E-state index contributed by atoms with van der Waals surface area (Å²) < 4.78 is 30.3. The first kappa shape index (κ1) is 15.6. The predicted octanol–water partition coefficient (Wildman–Crippen LogP) is 1.44. The van der Waals surface area contributed by atoms with E-state index in [1.807, 2.05) is 0 Å². The third-order valence-corrected chi connectivity index (χ3v) is 1.95. The summed E-state index contributed by atoms with van der Waals surface area (Å²) in [6, 6.07) is 2.12. The molecule has 0 saturated carbocycles. The zero-order valence-corrected chi connectivity index (χ0v) is 9.76. The Morgan fingerprint density at radius 3 is 2.59 bits per heavy atom. The van der Waals surface area contributed by atoms with Gasteiger partial charge in [0.2, 0.25) is 0 Å². The average molecular weight is 268 g/mol. The maximum atomic E-state index is 12.8. The lowest BCUT2D eigenvalue weighted by atomic mass is 10.3. The molecule has 1 aromatic rings. The van der Waals surface area contributed by atoms with Crippen molar-refractivity contribution in [3.63, 3.8) is 0 Å². The van der Waals surface area contributed by atoms with Crippen LogP contribution in [0.2, 0.25) is 0 Å². The highest BCUT2D eigenvalue weighted by Crippen LogP contribution is 2.15. The molecule has 0 spiro atoms. The zero-order chi connectivity index (χ0) is 12.1. The molecule has 0 unspecified atom stereocenters.